The Morgan fingerprint density at radius 1 is 0.973 bits per heavy atom. The van der Waals surface area contributed by atoms with Crippen LogP contribution in [-0.4, -0.2) is 86.9 Å². The lowest BCUT2D eigenvalue weighted by Gasteiger charge is -2.29. The fraction of sp³-hybridized carbons (Fsp3) is 0.481. The zero-order chi connectivity index (χ0) is 25.8. The van der Waals surface area contributed by atoms with E-state index in [0.29, 0.717) is 19.8 Å². The monoisotopic (exact) mass is 513 g/mol. The number of hydrogen-bond donors (Lipinski definition) is 2. The van der Waals surface area contributed by atoms with Crippen molar-refractivity contribution in [3.63, 3.8) is 0 Å². The van der Waals surface area contributed by atoms with Crippen molar-refractivity contribution >= 4 is 17.4 Å². The number of ketones is 1. The number of nitrogens with zero attached hydrogens (tertiary/aromatic N) is 2. The number of morpholine rings is 1. The highest BCUT2D eigenvalue weighted by molar-refractivity contribution is 6.42. The quantitative estimate of drug-likeness (QED) is 0.408. The Morgan fingerprint density at radius 3 is 2.41 bits per heavy atom. The van der Waals surface area contributed by atoms with Crippen LogP contribution in [0, 0.1) is 5.82 Å². The summed E-state index contributed by atoms with van der Waals surface area (Å²) in [4.78, 5) is 30.3. The van der Waals surface area contributed by atoms with Crippen LogP contribution in [0.3, 0.4) is 0 Å². The summed E-state index contributed by atoms with van der Waals surface area (Å²) in [7, 11) is 0. The van der Waals surface area contributed by atoms with Crippen molar-refractivity contribution < 1.29 is 33.3 Å². The largest absolute Gasteiger partial charge is 0.486 e. The van der Waals surface area contributed by atoms with Crippen LogP contribution in [0.15, 0.2) is 36.4 Å². The van der Waals surface area contributed by atoms with E-state index in [1.165, 1.54) is 12.1 Å². The minimum absolute atomic E-state index is 0.0121. The highest BCUT2D eigenvalue weighted by Gasteiger charge is 2.31. The Labute approximate surface area is 215 Å². The van der Waals surface area contributed by atoms with Gasteiger partial charge < -0.3 is 34.4 Å². The van der Waals surface area contributed by atoms with Crippen molar-refractivity contribution in [2.45, 2.75) is 25.0 Å². The van der Waals surface area contributed by atoms with Crippen molar-refractivity contribution in [1.82, 2.24) is 10.2 Å². The molecule has 0 radical (unpaired) electrons. The summed E-state index contributed by atoms with van der Waals surface area (Å²) < 4.78 is 30.9. The van der Waals surface area contributed by atoms with Gasteiger partial charge in [-0.15, -0.1) is 0 Å². The maximum atomic E-state index is 14.7. The topological polar surface area (TPSA) is 101 Å². The van der Waals surface area contributed by atoms with Gasteiger partial charge in [0.2, 0.25) is 5.78 Å². The Bertz CT molecular complexity index is 1120. The van der Waals surface area contributed by atoms with E-state index in [4.69, 9.17) is 14.2 Å². The molecule has 3 heterocycles. The molecule has 0 bridgehead atoms. The molecule has 0 spiro atoms. The van der Waals surface area contributed by atoms with E-state index in [9.17, 15) is 19.1 Å². The van der Waals surface area contributed by atoms with Gasteiger partial charge >= 0.3 is 0 Å². The molecule has 2 aromatic rings. The van der Waals surface area contributed by atoms with Crippen molar-refractivity contribution in [2.24, 2.45) is 0 Å². The van der Waals surface area contributed by atoms with E-state index in [1.807, 2.05) is 12.1 Å². The molecule has 0 aromatic heterocycles. The van der Waals surface area contributed by atoms with Gasteiger partial charge in [0.1, 0.15) is 19.3 Å². The third-order valence-electron chi connectivity index (χ3n) is 7.02. The smallest absolute Gasteiger partial charge is 0.292 e. The number of rotatable bonds is 8. The van der Waals surface area contributed by atoms with E-state index in [-0.39, 0.29) is 35.8 Å². The van der Waals surface area contributed by atoms with Gasteiger partial charge in [0.15, 0.2) is 17.3 Å². The SMILES string of the molecule is O=C(N[C@H](CN1CCCC1)[C@H](O)c1cc(F)c2c(c1)OCCO2)C(=O)c1ccc(N2CCOCC2)cc1. The number of halogens is 1. The number of carbonyl (C=O) groups excluding carboxylic acids is 2. The highest BCUT2D eigenvalue weighted by Crippen LogP contribution is 2.36. The third-order valence-corrected chi connectivity index (χ3v) is 7.02. The van der Waals surface area contributed by atoms with E-state index in [0.717, 1.165) is 44.7 Å². The number of hydrogen-bond acceptors (Lipinski definition) is 8. The van der Waals surface area contributed by atoms with Gasteiger partial charge in [-0.3, -0.25) is 9.59 Å². The summed E-state index contributed by atoms with van der Waals surface area (Å²) in [6, 6.07) is 8.79. The first-order valence-electron chi connectivity index (χ1n) is 12.8. The maximum Gasteiger partial charge on any atom is 0.292 e. The van der Waals surface area contributed by atoms with Gasteiger partial charge in [-0.05, 0) is 67.9 Å². The maximum absolute atomic E-state index is 14.7. The van der Waals surface area contributed by atoms with Gasteiger partial charge in [0, 0.05) is 30.9 Å². The second-order valence-electron chi connectivity index (χ2n) is 9.53. The normalized spacial score (nSPS) is 19.4. The molecule has 9 nitrogen and oxygen atoms in total. The summed E-state index contributed by atoms with van der Waals surface area (Å²) in [5, 5.41) is 13.9. The predicted octanol–water partition coefficient (Wildman–Crippen LogP) is 1.93. The average molecular weight is 514 g/mol. The number of ether oxygens (including phenoxy) is 3. The standard InChI is InChI=1S/C27H32FN3O6/c28-21-15-19(16-23-26(21)37-14-13-36-23)24(32)22(17-30-7-1-2-8-30)29-27(34)25(33)18-3-5-20(6-4-18)31-9-11-35-12-10-31/h3-6,15-16,22,24,32H,1-2,7-14,17H2,(H,29,34)/t22-,24-/m1/s1. The van der Waals surface area contributed by atoms with Crippen molar-refractivity contribution in [2.75, 3.05) is 64.1 Å². The zero-order valence-electron chi connectivity index (χ0n) is 20.7. The van der Waals surface area contributed by atoms with Crippen molar-refractivity contribution in [3.05, 3.63) is 53.3 Å². The van der Waals surface area contributed by atoms with Gasteiger partial charge in [0.25, 0.3) is 5.91 Å². The van der Waals surface area contributed by atoms with E-state index < -0.39 is 29.7 Å². The van der Waals surface area contributed by atoms with Crippen molar-refractivity contribution in [3.8, 4) is 11.5 Å². The molecule has 0 aliphatic carbocycles. The summed E-state index contributed by atoms with van der Waals surface area (Å²) in [6.07, 6.45) is 0.777. The lowest BCUT2D eigenvalue weighted by molar-refractivity contribution is -0.118. The second-order valence-corrected chi connectivity index (χ2v) is 9.53. The fourth-order valence-electron chi connectivity index (χ4n) is 5.01. The fourth-order valence-corrected chi connectivity index (χ4v) is 5.01. The molecule has 3 aliphatic rings. The number of aliphatic hydroxyl groups excluding tert-OH is 1. The van der Waals surface area contributed by atoms with Gasteiger partial charge in [0.05, 0.1) is 19.3 Å². The first kappa shape index (κ1) is 25.4. The van der Waals surface area contributed by atoms with Crippen LogP contribution in [0.1, 0.15) is 34.9 Å². The molecule has 2 atom stereocenters. The molecular weight excluding hydrogens is 481 g/mol. The molecule has 2 saturated heterocycles. The Balaban J connectivity index is 1.31. The first-order chi connectivity index (χ1) is 18.0. The zero-order valence-corrected chi connectivity index (χ0v) is 20.7. The number of fused-ring (bicyclic) bond motifs is 1. The van der Waals surface area contributed by atoms with Crippen LogP contribution in [0.25, 0.3) is 0 Å². The molecule has 10 heteroatoms. The molecule has 1 amide bonds. The Kier molecular flexibility index (Phi) is 7.87. The number of aliphatic hydroxyl groups is 1. The van der Waals surface area contributed by atoms with E-state index >= 15 is 0 Å². The molecule has 37 heavy (non-hydrogen) atoms. The van der Waals surface area contributed by atoms with Crippen LogP contribution >= 0.6 is 0 Å². The summed E-state index contributed by atoms with van der Waals surface area (Å²) in [5.41, 5.74) is 1.46. The van der Waals surface area contributed by atoms with Gasteiger partial charge in [-0.2, -0.15) is 0 Å². The Hall–Kier alpha value is -3.21. The van der Waals surface area contributed by atoms with E-state index in [2.05, 4.69) is 15.1 Å². The van der Waals surface area contributed by atoms with Crippen LogP contribution in [-0.2, 0) is 9.53 Å². The third kappa shape index (κ3) is 5.87. The molecule has 2 aromatic carbocycles. The number of likely N-dealkylation sites (tertiary alicyclic amines) is 1. The molecule has 3 aliphatic heterocycles. The number of nitrogens with one attached hydrogen (secondary N) is 1. The van der Waals surface area contributed by atoms with E-state index in [1.54, 1.807) is 12.1 Å². The lowest BCUT2D eigenvalue weighted by Crippen LogP contribution is -2.48. The highest BCUT2D eigenvalue weighted by atomic mass is 19.1. The summed E-state index contributed by atoms with van der Waals surface area (Å²) >= 11 is 0. The molecule has 2 fully saturated rings. The summed E-state index contributed by atoms with van der Waals surface area (Å²) in [5.74, 6) is -1.93. The van der Waals surface area contributed by atoms with Crippen molar-refractivity contribution in [1.29, 1.82) is 0 Å². The molecule has 0 saturated carbocycles. The van der Waals surface area contributed by atoms with Crippen LogP contribution in [0.2, 0.25) is 0 Å². The number of Topliss-reactive ketones (excluding diaryl/α,β-unsaturated/α-hetero) is 1. The number of benzene rings is 2. The molecule has 5 rings (SSSR count). The minimum Gasteiger partial charge on any atom is -0.486 e. The predicted molar refractivity (Wildman–Crippen MR) is 134 cm³/mol. The number of carbonyl (C=O) groups is 2. The average Bonchev–Trinajstić information content (AvgIpc) is 3.45. The number of anilines is 1. The Morgan fingerprint density at radius 2 is 1.68 bits per heavy atom. The number of amides is 1. The second kappa shape index (κ2) is 11.5. The van der Waals surface area contributed by atoms with Crippen LogP contribution < -0.4 is 19.7 Å². The molecule has 198 valence electrons. The molecule has 0 unspecified atom stereocenters. The molecule has 2 N–H and O–H groups in total. The van der Waals surface area contributed by atoms with Gasteiger partial charge in [-0.25, -0.2) is 4.39 Å². The summed E-state index contributed by atoms with van der Waals surface area (Å²) in [6.45, 7) is 5.33. The minimum atomic E-state index is -1.26. The lowest BCUT2D eigenvalue weighted by atomic mass is 10.00. The van der Waals surface area contributed by atoms with Crippen LogP contribution in [0.5, 0.6) is 11.5 Å². The first-order valence-corrected chi connectivity index (χ1v) is 12.8. The van der Waals surface area contributed by atoms with Crippen LogP contribution in [0.4, 0.5) is 10.1 Å². The molecular formula is C27H32FN3O6. The van der Waals surface area contributed by atoms with Gasteiger partial charge in [-0.1, -0.05) is 0 Å².